The number of hydrogen-bond acceptors (Lipinski definition) is 3. The molecule has 0 saturated carbocycles. The lowest BCUT2D eigenvalue weighted by molar-refractivity contribution is -0.147. The second-order valence-electron chi connectivity index (χ2n) is 3.32. The van der Waals surface area contributed by atoms with E-state index in [9.17, 15) is 4.79 Å². The number of esters is 1. The van der Waals surface area contributed by atoms with Crippen molar-refractivity contribution >= 4 is 17.6 Å². The highest BCUT2D eigenvalue weighted by Crippen LogP contribution is 2.24. The highest BCUT2D eigenvalue weighted by atomic mass is 35.5. The van der Waals surface area contributed by atoms with Crippen LogP contribution in [-0.4, -0.2) is 13.1 Å². The molecule has 0 bridgehead atoms. The second-order valence-corrected chi connectivity index (χ2v) is 3.76. The largest absolute Gasteiger partial charge is 0.467 e. The molecule has 2 N–H and O–H groups in total. The predicted molar refractivity (Wildman–Crippen MR) is 59.6 cm³/mol. The fraction of sp³-hybridized carbons (Fsp3) is 0.364. The molecule has 0 spiro atoms. The number of carbonyl (C=O) groups is 1. The van der Waals surface area contributed by atoms with E-state index in [0.717, 1.165) is 0 Å². The lowest BCUT2D eigenvalue weighted by atomic mass is 9.88. The molecular formula is C11H14ClNO2. The van der Waals surface area contributed by atoms with Crippen LogP contribution in [0.25, 0.3) is 0 Å². The molecule has 15 heavy (non-hydrogen) atoms. The van der Waals surface area contributed by atoms with Crippen molar-refractivity contribution in [3.8, 4) is 0 Å². The zero-order valence-corrected chi connectivity index (χ0v) is 9.54. The molecule has 3 nitrogen and oxygen atoms in total. The smallest absolute Gasteiger partial charge is 0.330 e. The third-order valence-corrected chi connectivity index (χ3v) is 2.72. The highest BCUT2D eigenvalue weighted by molar-refractivity contribution is 6.30. The van der Waals surface area contributed by atoms with Gasteiger partial charge in [0, 0.05) is 5.02 Å². The van der Waals surface area contributed by atoms with E-state index in [4.69, 9.17) is 22.1 Å². The average Bonchev–Trinajstić information content (AvgIpc) is 2.27. The predicted octanol–water partition coefficient (Wildman–Crippen LogP) is 2.08. The number of methoxy groups -OCH3 is 1. The second kappa shape index (κ2) is 4.64. The Morgan fingerprint density at radius 3 is 2.40 bits per heavy atom. The summed E-state index contributed by atoms with van der Waals surface area (Å²) < 4.78 is 4.69. The maximum absolute atomic E-state index is 11.6. The van der Waals surface area contributed by atoms with Crippen LogP contribution < -0.4 is 5.73 Å². The molecule has 0 aliphatic carbocycles. The van der Waals surface area contributed by atoms with Crippen LogP contribution in [-0.2, 0) is 15.1 Å². The van der Waals surface area contributed by atoms with E-state index in [1.807, 2.05) is 6.92 Å². The minimum Gasteiger partial charge on any atom is -0.467 e. The van der Waals surface area contributed by atoms with Gasteiger partial charge in [-0.3, -0.25) is 0 Å². The molecular weight excluding hydrogens is 214 g/mol. The number of ether oxygens (including phenoxy) is 1. The minimum absolute atomic E-state index is 0.438. The molecule has 82 valence electrons. The molecule has 0 saturated heterocycles. The Morgan fingerprint density at radius 2 is 2.00 bits per heavy atom. The Kier molecular flexibility index (Phi) is 3.72. The third-order valence-electron chi connectivity index (χ3n) is 2.47. The summed E-state index contributed by atoms with van der Waals surface area (Å²) in [5.41, 5.74) is 5.63. The summed E-state index contributed by atoms with van der Waals surface area (Å²) in [6.07, 6.45) is 0.474. The number of carbonyl (C=O) groups excluding carboxylic acids is 1. The van der Waals surface area contributed by atoms with Crippen molar-refractivity contribution in [2.75, 3.05) is 7.11 Å². The first-order valence-corrected chi connectivity index (χ1v) is 5.05. The zero-order valence-electron chi connectivity index (χ0n) is 8.79. The van der Waals surface area contributed by atoms with Gasteiger partial charge in [-0.05, 0) is 24.1 Å². The summed E-state index contributed by atoms with van der Waals surface area (Å²) in [6.45, 7) is 1.84. The van der Waals surface area contributed by atoms with Gasteiger partial charge in [0.05, 0.1) is 7.11 Å². The van der Waals surface area contributed by atoms with Crippen LogP contribution >= 0.6 is 11.6 Å². The van der Waals surface area contributed by atoms with Gasteiger partial charge in [0.25, 0.3) is 0 Å². The van der Waals surface area contributed by atoms with Crippen molar-refractivity contribution in [2.24, 2.45) is 5.73 Å². The quantitative estimate of drug-likeness (QED) is 0.805. The first-order chi connectivity index (χ1) is 7.04. The Hall–Kier alpha value is -1.06. The summed E-state index contributed by atoms with van der Waals surface area (Å²) in [4.78, 5) is 11.6. The van der Waals surface area contributed by atoms with E-state index in [1.54, 1.807) is 24.3 Å². The first kappa shape index (κ1) is 12.0. The molecule has 0 heterocycles. The Morgan fingerprint density at radius 1 is 1.47 bits per heavy atom. The number of nitrogens with two attached hydrogens (primary N) is 1. The molecule has 1 aromatic rings. The van der Waals surface area contributed by atoms with E-state index in [0.29, 0.717) is 17.0 Å². The van der Waals surface area contributed by atoms with Gasteiger partial charge < -0.3 is 10.5 Å². The minimum atomic E-state index is -1.08. The fourth-order valence-electron chi connectivity index (χ4n) is 1.40. The number of rotatable bonds is 3. The summed E-state index contributed by atoms with van der Waals surface area (Å²) in [5, 5.41) is 0.613. The van der Waals surface area contributed by atoms with Crippen molar-refractivity contribution in [3.63, 3.8) is 0 Å². The van der Waals surface area contributed by atoms with Crippen molar-refractivity contribution in [1.29, 1.82) is 0 Å². The van der Waals surface area contributed by atoms with E-state index in [1.165, 1.54) is 7.11 Å². The Labute approximate surface area is 94.2 Å². The van der Waals surface area contributed by atoms with Gasteiger partial charge in [0.1, 0.15) is 5.54 Å². The van der Waals surface area contributed by atoms with Crippen LogP contribution in [0.2, 0.25) is 5.02 Å². The Bertz CT molecular complexity index is 350. The lowest BCUT2D eigenvalue weighted by Gasteiger charge is -2.25. The zero-order chi connectivity index (χ0) is 11.5. The van der Waals surface area contributed by atoms with E-state index < -0.39 is 11.5 Å². The molecule has 0 fully saturated rings. The van der Waals surface area contributed by atoms with Gasteiger partial charge in [-0.2, -0.15) is 0 Å². The summed E-state index contributed by atoms with van der Waals surface area (Å²) in [6, 6.07) is 6.89. The van der Waals surface area contributed by atoms with Gasteiger partial charge in [0.15, 0.2) is 0 Å². The highest BCUT2D eigenvalue weighted by Gasteiger charge is 2.35. The molecule has 0 aromatic heterocycles. The van der Waals surface area contributed by atoms with Gasteiger partial charge in [-0.15, -0.1) is 0 Å². The van der Waals surface area contributed by atoms with Crippen LogP contribution in [0.4, 0.5) is 0 Å². The maximum atomic E-state index is 11.6. The van der Waals surface area contributed by atoms with Crippen LogP contribution in [0.1, 0.15) is 18.9 Å². The average molecular weight is 228 g/mol. The number of hydrogen-bond donors (Lipinski definition) is 1. The normalized spacial score (nSPS) is 14.4. The topological polar surface area (TPSA) is 52.3 Å². The van der Waals surface area contributed by atoms with Crippen molar-refractivity contribution in [1.82, 2.24) is 0 Å². The summed E-state index contributed by atoms with van der Waals surface area (Å²) in [5.74, 6) is -0.438. The number of halogens is 1. The van der Waals surface area contributed by atoms with Gasteiger partial charge in [-0.1, -0.05) is 30.7 Å². The van der Waals surface area contributed by atoms with Gasteiger partial charge in [-0.25, -0.2) is 4.79 Å². The van der Waals surface area contributed by atoms with E-state index >= 15 is 0 Å². The fourth-order valence-corrected chi connectivity index (χ4v) is 1.52. The van der Waals surface area contributed by atoms with E-state index in [2.05, 4.69) is 0 Å². The van der Waals surface area contributed by atoms with Crippen molar-refractivity contribution in [3.05, 3.63) is 34.9 Å². The molecule has 1 atom stereocenters. The summed E-state index contributed by atoms with van der Waals surface area (Å²) in [7, 11) is 1.33. The van der Waals surface area contributed by atoms with Gasteiger partial charge >= 0.3 is 5.97 Å². The SMILES string of the molecule is CC[C@@](N)(C(=O)OC)c1ccc(Cl)cc1. The van der Waals surface area contributed by atoms with Crippen LogP contribution in [0, 0.1) is 0 Å². The molecule has 0 aliphatic rings. The van der Waals surface area contributed by atoms with Gasteiger partial charge in [0.2, 0.25) is 0 Å². The molecule has 1 rings (SSSR count). The molecule has 1 aromatic carbocycles. The number of benzene rings is 1. The van der Waals surface area contributed by atoms with Crippen LogP contribution in [0.3, 0.4) is 0 Å². The third kappa shape index (κ3) is 2.30. The van der Waals surface area contributed by atoms with Crippen molar-refractivity contribution in [2.45, 2.75) is 18.9 Å². The maximum Gasteiger partial charge on any atom is 0.330 e. The van der Waals surface area contributed by atoms with Crippen molar-refractivity contribution < 1.29 is 9.53 Å². The standard InChI is InChI=1S/C11H14ClNO2/c1-3-11(13,10(14)15-2)8-4-6-9(12)7-5-8/h4-7H,3,13H2,1-2H3/t11-/m0/s1. The van der Waals surface area contributed by atoms with Crippen LogP contribution in [0.15, 0.2) is 24.3 Å². The Balaban J connectivity index is 3.11. The molecule has 4 heteroatoms. The monoisotopic (exact) mass is 227 g/mol. The summed E-state index contributed by atoms with van der Waals surface area (Å²) >= 11 is 5.76. The van der Waals surface area contributed by atoms with E-state index in [-0.39, 0.29) is 0 Å². The molecule has 0 radical (unpaired) electrons. The molecule has 0 aliphatic heterocycles. The van der Waals surface area contributed by atoms with Crippen LogP contribution in [0.5, 0.6) is 0 Å². The molecule has 0 amide bonds. The lowest BCUT2D eigenvalue weighted by Crippen LogP contribution is -2.45. The first-order valence-electron chi connectivity index (χ1n) is 4.68. The molecule has 0 unspecified atom stereocenters.